The summed E-state index contributed by atoms with van der Waals surface area (Å²) in [5.41, 5.74) is 0.934. The number of carbonyl (C=O) groups is 1. The van der Waals surface area contributed by atoms with Crippen molar-refractivity contribution in [3.63, 3.8) is 0 Å². The number of benzene rings is 2. The van der Waals surface area contributed by atoms with E-state index in [0.717, 1.165) is 12.0 Å². The van der Waals surface area contributed by atoms with Crippen LogP contribution in [0.1, 0.15) is 43.1 Å². The maximum Gasteiger partial charge on any atom is 0.338 e. The molecule has 0 aliphatic carbocycles. The minimum absolute atomic E-state index is 0.194. The summed E-state index contributed by atoms with van der Waals surface area (Å²) in [6.07, 6.45) is 0.760. The molecular weight excluding hydrogens is 370 g/mol. The highest BCUT2D eigenvalue weighted by molar-refractivity contribution is 5.91. The molecule has 2 aromatic rings. The molecule has 0 saturated carbocycles. The van der Waals surface area contributed by atoms with Crippen LogP contribution in [0.3, 0.4) is 0 Å². The van der Waals surface area contributed by atoms with E-state index in [9.17, 15) is 4.79 Å². The number of hydrogen-bond acceptors (Lipinski definition) is 6. The first-order chi connectivity index (χ1) is 14.0. The average molecular weight is 404 g/mol. The molecule has 1 N–H and O–H groups in total. The van der Waals surface area contributed by atoms with Crippen molar-refractivity contribution in [2.75, 3.05) is 35.0 Å². The van der Waals surface area contributed by atoms with Crippen molar-refractivity contribution in [2.24, 2.45) is 0 Å². The second-order valence-electron chi connectivity index (χ2n) is 6.04. The number of likely N-dealkylation sites (N-methyl/N-ethyl adjacent to an activating group) is 1. The maximum absolute atomic E-state index is 12.7. The van der Waals surface area contributed by atoms with Gasteiger partial charge in [-0.1, -0.05) is 51.1 Å². The standard InChI is InChI=1S/C21H27NO5.C2H6/c1-6-21(22-2,16-10-8-7-9-11-16)14-27-20(23)15-12-17(24-3)19(26-5)18(13-15)25-4;1-2/h7-13,22H,6,14H2,1-5H3;1-2H3. The molecule has 29 heavy (non-hydrogen) atoms. The van der Waals surface area contributed by atoms with E-state index in [1.165, 1.54) is 21.3 Å². The maximum atomic E-state index is 12.7. The first-order valence-electron chi connectivity index (χ1n) is 9.76. The van der Waals surface area contributed by atoms with Gasteiger partial charge in [0.05, 0.1) is 32.4 Å². The van der Waals surface area contributed by atoms with E-state index in [1.807, 2.05) is 51.2 Å². The van der Waals surface area contributed by atoms with Gasteiger partial charge in [0.2, 0.25) is 5.75 Å². The van der Waals surface area contributed by atoms with E-state index >= 15 is 0 Å². The molecule has 0 aliphatic heterocycles. The lowest BCUT2D eigenvalue weighted by atomic mass is 9.88. The fourth-order valence-corrected chi connectivity index (χ4v) is 3.01. The van der Waals surface area contributed by atoms with Crippen LogP contribution < -0.4 is 19.5 Å². The largest absolute Gasteiger partial charge is 0.493 e. The van der Waals surface area contributed by atoms with Gasteiger partial charge in [0, 0.05) is 0 Å². The lowest BCUT2D eigenvalue weighted by Crippen LogP contribution is -2.44. The molecule has 6 heteroatoms. The second-order valence-corrected chi connectivity index (χ2v) is 6.04. The van der Waals surface area contributed by atoms with Gasteiger partial charge in [-0.25, -0.2) is 4.79 Å². The number of hydrogen-bond donors (Lipinski definition) is 1. The first-order valence-corrected chi connectivity index (χ1v) is 9.76. The van der Waals surface area contributed by atoms with Crippen LogP contribution in [0.4, 0.5) is 0 Å². The molecule has 0 fully saturated rings. The Morgan fingerprint density at radius 3 is 1.93 bits per heavy atom. The molecule has 2 aromatic carbocycles. The predicted octanol–water partition coefficient (Wildman–Crippen LogP) is 4.42. The topological polar surface area (TPSA) is 66.0 Å². The zero-order chi connectivity index (χ0) is 21.9. The minimum Gasteiger partial charge on any atom is -0.493 e. The van der Waals surface area contributed by atoms with Crippen molar-refractivity contribution < 1.29 is 23.7 Å². The van der Waals surface area contributed by atoms with Gasteiger partial charge in [-0.3, -0.25) is 0 Å². The van der Waals surface area contributed by atoms with Crippen LogP contribution >= 0.6 is 0 Å². The van der Waals surface area contributed by atoms with Crippen LogP contribution in [0.2, 0.25) is 0 Å². The van der Waals surface area contributed by atoms with Gasteiger partial charge < -0.3 is 24.3 Å². The molecule has 160 valence electrons. The molecule has 0 saturated heterocycles. The fraction of sp³-hybridized carbons (Fsp3) is 0.435. The third kappa shape index (κ3) is 5.64. The summed E-state index contributed by atoms with van der Waals surface area (Å²) < 4.78 is 21.5. The summed E-state index contributed by atoms with van der Waals surface area (Å²) in [4.78, 5) is 12.7. The normalized spacial score (nSPS) is 12.1. The average Bonchev–Trinajstić information content (AvgIpc) is 2.80. The van der Waals surface area contributed by atoms with Gasteiger partial charge >= 0.3 is 5.97 Å². The zero-order valence-corrected chi connectivity index (χ0v) is 18.5. The fourth-order valence-electron chi connectivity index (χ4n) is 3.01. The Bertz CT molecular complexity index is 732. The van der Waals surface area contributed by atoms with E-state index in [4.69, 9.17) is 18.9 Å². The van der Waals surface area contributed by atoms with Crippen LogP contribution in [0.25, 0.3) is 0 Å². The summed E-state index contributed by atoms with van der Waals surface area (Å²) in [6.45, 7) is 6.25. The molecule has 6 nitrogen and oxygen atoms in total. The zero-order valence-electron chi connectivity index (χ0n) is 18.5. The number of methoxy groups -OCH3 is 3. The van der Waals surface area contributed by atoms with Crippen molar-refractivity contribution in [3.8, 4) is 17.2 Å². The summed E-state index contributed by atoms with van der Waals surface area (Å²) in [5.74, 6) is 0.779. The van der Waals surface area contributed by atoms with E-state index in [2.05, 4.69) is 12.2 Å². The van der Waals surface area contributed by atoms with Gasteiger partial charge in [0.1, 0.15) is 6.61 Å². The lowest BCUT2D eigenvalue weighted by Gasteiger charge is -2.32. The van der Waals surface area contributed by atoms with Gasteiger partial charge in [-0.15, -0.1) is 0 Å². The second kappa shape index (κ2) is 12.0. The number of nitrogens with one attached hydrogen (secondary N) is 1. The van der Waals surface area contributed by atoms with Gasteiger partial charge in [-0.2, -0.15) is 0 Å². The van der Waals surface area contributed by atoms with Crippen LogP contribution in [0.5, 0.6) is 17.2 Å². The van der Waals surface area contributed by atoms with Crippen LogP contribution in [-0.4, -0.2) is 41.0 Å². The molecule has 0 aromatic heterocycles. The van der Waals surface area contributed by atoms with Crippen molar-refractivity contribution in [2.45, 2.75) is 32.7 Å². The number of rotatable bonds is 9. The van der Waals surface area contributed by atoms with E-state index in [0.29, 0.717) is 22.8 Å². The summed E-state index contributed by atoms with van der Waals surface area (Å²) in [5, 5.41) is 3.31. The van der Waals surface area contributed by atoms with Gasteiger partial charge in [0.25, 0.3) is 0 Å². The summed E-state index contributed by atoms with van der Waals surface area (Å²) in [7, 11) is 6.39. The number of ether oxygens (including phenoxy) is 4. The quantitative estimate of drug-likeness (QED) is 0.625. The number of carbonyl (C=O) groups excluding carboxylic acids is 1. The van der Waals surface area contributed by atoms with E-state index in [-0.39, 0.29) is 6.61 Å². The lowest BCUT2D eigenvalue weighted by molar-refractivity contribution is 0.0360. The van der Waals surface area contributed by atoms with E-state index in [1.54, 1.807) is 12.1 Å². The smallest absolute Gasteiger partial charge is 0.338 e. The highest BCUT2D eigenvalue weighted by atomic mass is 16.5. The molecule has 2 rings (SSSR count). The predicted molar refractivity (Wildman–Crippen MR) is 115 cm³/mol. The SMILES string of the molecule is CC.CCC(COC(=O)c1cc(OC)c(OC)c(OC)c1)(NC)c1ccccc1. The van der Waals surface area contributed by atoms with Crippen molar-refractivity contribution >= 4 is 5.97 Å². The first kappa shape index (κ1) is 24.3. The van der Waals surface area contributed by atoms with Crippen molar-refractivity contribution in [3.05, 3.63) is 53.6 Å². The van der Waals surface area contributed by atoms with Crippen LogP contribution in [0.15, 0.2) is 42.5 Å². The summed E-state index contributed by atoms with van der Waals surface area (Å²) >= 11 is 0. The van der Waals surface area contributed by atoms with Crippen molar-refractivity contribution in [1.82, 2.24) is 5.32 Å². The molecule has 0 aliphatic rings. The Morgan fingerprint density at radius 2 is 1.52 bits per heavy atom. The Balaban J connectivity index is 0.00000204. The molecule has 0 radical (unpaired) electrons. The van der Waals surface area contributed by atoms with Gasteiger partial charge in [0.15, 0.2) is 11.5 Å². The third-order valence-corrected chi connectivity index (χ3v) is 4.76. The van der Waals surface area contributed by atoms with Crippen molar-refractivity contribution in [1.29, 1.82) is 0 Å². The van der Waals surface area contributed by atoms with Crippen LogP contribution in [-0.2, 0) is 10.3 Å². The van der Waals surface area contributed by atoms with Crippen LogP contribution in [0, 0.1) is 0 Å². The molecule has 0 bridgehead atoms. The Labute approximate surface area is 174 Å². The van der Waals surface area contributed by atoms with E-state index < -0.39 is 11.5 Å². The third-order valence-electron chi connectivity index (χ3n) is 4.76. The monoisotopic (exact) mass is 403 g/mol. The molecule has 1 unspecified atom stereocenters. The molecule has 1 atom stereocenters. The highest BCUT2D eigenvalue weighted by Crippen LogP contribution is 2.38. The molecule has 0 spiro atoms. The minimum atomic E-state index is -0.461. The Kier molecular flexibility index (Phi) is 10.0. The Morgan fingerprint density at radius 1 is 0.966 bits per heavy atom. The van der Waals surface area contributed by atoms with Gasteiger partial charge in [-0.05, 0) is 31.2 Å². The highest BCUT2D eigenvalue weighted by Gasteiger charge is 2.30. The molecular formula is C23H33NO5. The summed E-state index contributed by atoms with van der Waals surface area (Å²) in [6, 6.07) is 13.1. The number of esters is 1. The molecule has 0 amide bonds. The molecule has 0 heterocycles. The Hall–Kier alpha value is -2.73.